The van der Waals surface area contributed by atoms with Crippen molar-refractivity contribution >= 4 is 29.1 Å². The molecule has 0 aromatic heterocycles. The summed E-state index contributed by atoms with van der Waals surface area (Å²) < 4.78 is 5.53. The van der Waals surface area contributed by atoms with Gasteiger partial charge in [0, 0.05) is 22.6 Å². The van der Waals surface area contributed by atoms with E-state index in [9.17, 15) is 10.1 Å². The molecule has 0 heterocycles. The standard InChI is InChI=1S/C13H18ClNO3S/c1-9(2)18-12-4-11(15(16)17)5-13(6-12)19-8-10(3)7-14/h4-6,9-10H,7-8H2,1-3H3. The number of nitro benzene ring substituents is 1. The minimum atomic E-state index is -0.401. The topological polar surface area (TPSA) is 52.4 Å². The molecule has 0 aliphatic heterocycles. The zero-order valence-electron chi connectivity index (χ0n) is 11.3. The van der Waals surface area contributed by atoms with Crippen LogP contribution >= 0.6 is 23.4 Å². The number of non-ortho nitro benzene ring substituents is 1. The molecule has 1 aromatic rings. The Balaban J connectivity index is 2.89. The number of thioether (sulfide) groups is 1. The van der Waals surface area contributed by atoms with Gasteiger partial charge in [0.25, 0.3) is 5.69 Å². The Kier molecular flexibility index (Phi) is 6.45. The van der Waals surface area contributed by atoms with Crippen LogP contribution in [0.25, 0.3) is 0 Å². The molecule has 1 aromatic carbocycles. The molecule has 1 unspecified atom stereocenters. The number of benzene rings is 1. The highest BCUT2D eigenvalue weighted by Crippen LogP contribution is 2.30. The average Bonchev–Trinajstić information content (AvgIpc) is 2.34. The first-order valence-electron chi connectivity index (χ1n) is 6.07. The lowest BCUT2D eigenvalue weighted by molar-refractivity contribution is -0.385. The van der Waals surface area contributed by atoms with Gasteiger partial charge in [-0.1, -0.05) is 6.92 Å². The van der Waals surface area contributed by atoms with E-state index in [2.05, 4.69) is 0 Å². The molecule has 0 N–H and O–H groups in total. The second kappa shape index (κ2) is 7.60. The second-order valence-corrected chi connectivity index (χ2v) is 6.06. The van der Waals surface area contributed by atoms with Crippen LogP contribution in [0.2, 0.25) is 0 Å². The predicted molar refractivity (Wildman–Crippen MR) is 79.5 cm³/mol. The summed E-state index contributed by atoms with van der Waals surface area (Å²) in [6.07, 6.45) is -0.0124. The van der Waals surface area contributed by atoms with Crippen molar-refractivity contribution < 1.29 is 9.66 Å². The van der Waals surface area contributed by atoms with E-state index in [0.29, 0.717) is 17.5 Å². The number of rotatable bonds is 7. The summed E-state index contributed by atoms with van der Waals surface area (Å²) >= 11 is 7.31. The molecule has 106 valence electrons. The van der Waals surface area contributed by atoms with Gasteiger partial charge in [0.05, 0.1) is 17.1 Å². The third kappa shape index (κ3) is 5.70. The van der Waals surface area contributed by atoms with Crippen molar-refractivity contribution in [2.24, 2.45) is 5.92 Å². The van der Waals surface area contributed by atoms with Crippen molar-refractivity contribution in [3.05, 3.63) is 28.3 Å². The molecule has 0 aliphatic rings. The summed E-state index contributed by atoms with van der Waals surface area (Å²) in [5, 5.41) is 10.9. The molecule has 19 heavy (non-hydrogen) atoms. The average molecular weight is 304 g/mol. The highest BCUT2D eigenvalue weighted by atomic mass is 35.5. The Bertz CT molecular complexity index is 440. The first-order chi connectivity index (χ1) is 8.92. The number of halogens is 1. The van der Waals surface area contributed by atoms with Crippen LogP contribution in [0.1, 0.15) is 20.8 Å². The van der Waals surface area contributed by atoms with E-state index < -0.39 is 4.92 Å². The van der Waals surface area contributed by atoms with Crippen LogP contribution < -0.4 is 4.74 Å². The third-order valence-electron chi connectivity index (χ3n) is 2.25. The van der Waals surface area contributed by atoms with Gasteiger partial charge in [0.1, 0.15) is 5.75 Å². The fourth-order valence-electron chi connectivity index (χ4n) is 1.37. The van der Waals surface area contributed by atoms with Gasteiger partial charge in [-0.3, -0.25) is 10.1 Å². The Hall–Kier alpha value is -0.940. The minimum Gasteiger partial charge on any atom is -0.491 e. The predicted octanol–water partition coefficient (Wildman–Crippen LogP) is 4.35. The van der Waals surface area contributed by atoms with Crippen molar-refractivity contribution in [1.82, 2.24) is 0 Å². The molecule has 0 bridgehead atoms. The van der Waals surface area contributed by atoms with E-state index >= 15 is 0 Å². The van der Waals surface area contributed by atoms with Gasteiger partial charge in [-0.15, -0.1) is 23.4 Å². The van der Waals surface area contributed by atoms with Gasteiger partial charge in [0.2, 0.25) is 0 Å². The van der Waals surface area contributed by atoms with E-state index in [4.69, 9.17) is 16.3 Å². The fraction of sp³-hybridized carbons (Fsp3) is 0.538. The van der Waals surface area contributed by atoms with Crippen molar-refractivity contribution in [3.63, 3.8) is 0 Å². The lowest BCUT2D eigenvalue weighted by atomic mass is 10.3. The summed E-state index contributed by atoms with van der Waals surface area (Å²) in [6, 6.07) is 4.85. The van der Waals surface area contributed by atoms with E-state index in [1.807, 2.05) is 26.8 Å². The fourth-order valence-corrected chi connectivity index (χ4v) is 2.61. The number of alkyl halides is 1. The molecule has 0 fully saturated rings. The molecular weight excluding hydrogens is 286 g/mol. The Labute approximate surface area is 122 Å². The van der Waals surface area contributed by atoms with Crippen LogP contribution in [0.15, 0.2) is 23.1 Å². The van der Waals surface area contributed by atoms with Gasteiger partial charge >= 0.3 is 0 Å². The number of ether oxygens (including phenoxy) is 1. The second-order valence-electron chi connectivity index (χ2n) is 4.66. The largest absolute Gasteiger partial charge is 0.491 e. The number of hydrogen-bond acceptors (Lipinski definition) is 4. The Morgan fingerprint density at radius 3 is 2.58 bits per heavy atom. The monoisotopic (exact) mass is 303 g/mol. The van der Waals surface area contributed by atoms with Crippen LogP contribution in [0.4, 0.5) is 5.69 Å². The molecule has 0 aliphatic carbocycles. The molecule has 4 nitrogen and oxygen atoms in total. The molecular formula is C13H18ClNO3S. The van der Waals surface area contributed by atoms with Crippen molar-refractivity contribution in [2.45, 2.75) is 31.8 Å². The molecule has 0 saturated carbocycles. The van der Waals surface area contributed by atoms with Crippen molar-refractivity contribution in [3.8, 4) is 5.75 Å². The van der Waals surface area contributed by atoms with E-state index in [-0.39, 0.29) is 11.8 Å². The van der Waals surface area contributed by atoms with Crippen LogP contribution in [0.5, 0.6) is 5.75 Å². The van der Waals surface area contributed by atoms with Gasteiger partial charge in [-0.05, 0) is 25.8 Å². The third-order valence-corrected chi connectivity index (χ3v) is 4.08. The van der Waals surface area contributed by atoms with Crippen LogP contribution in [-0.2, 0) is 0 Å². The molecule has 0 saturated heterocycles. The maximum Gasteiger partial charge on any atom is 0.274 e. The zero-order chi connectivity index (χ0) is 14.4. The lowest BCUT2D eigenvalue weighted by Gasteiger charge is -2.12. The van der Waals surface area contributed by atoms with E-state index in [0.717, 1.165) is 10.6 Å². The summed E-state index contributed by atoms with van der Waals surface area (Å²) in [7, 11) is 0. The maximum absolute atomic E-state index is 10.9. The zero-order valence-corrected chi connectivity index (χ0v) is 12.8. The summed E-state index contributed by atoms with van der Waals surface area (Å²) in [5.74, 6) is 2.30. The van der Waals surface area contributed by atoms with Gasteiger partial charge in [-0.2, -0.15) is 0 Å². The van der Waals surface area contributed by atoms with E-state index in [1.165, 1.54) is 6.07 Å². The number of nitro groups is 1. The molecule has 6 heteroatoms. The smallest absolute Gasteiger partial charge is 0.274 e. The van der Waals surface area contributed by atoms with Crippen molar-refractivity contribution in [2.75, 3.05) is 11.6 Å². The van der Waals surface area contributed by atoms with E-state index in [1.54, 1.807) is 17.8 Å². The van der Waals surface area contributed by atoms with Crippen molar-refractivity contribution in [1.29, 1.82) is 0 Å². The van der Waals surface area contributed by atoms with Gasteiger partial charge in [-0.25, -0.2) is 0 Å². The van der Waals surface area contributed by atoms with Gasteiger partial charge < -0.3 is 4.74 Å². The molecule has 1 rings (SSSR count). The SMILES string of the molecule is CC(CCl)CSc1cc(OC(C)C)cc([N+](=O)[O-])c1. The number of nitrogens with zero attached hydrogens (tertiary/aromatic N) is 1. The quantitative estimate of drug-likeness (QED) is 0.325. The molecule has 0 amide bonds. The van der Waals surface area contributed by atoms with Crippen LogP contribution in [0.3, 0.4) is 0 Å². The summed E-state index contributed by atoms with van der Waals surface area (Å²) in [4.78, 5) is 11.3. The van der Waals surface area contributed by atoms with Crippen LogP contribution in [0, 0.1) is 16.0 Å². The lowest BCUT2D eigenvalue weighted by Crippen LogP contribution is -2.06. The molecule has 0 spiro atoms. The maximum atomic E-state index is 10.9. The Morgan fingerprint density at radius 1 is 1.37 bits per heavy atom. The summed E-state index contributed by atoms with van der Waals surface area (Å²) in [5.41, 5.74) is 0.0548. The Morgan fingerprint density at radius 2 is 2.05 bits per heavy atom. The highest BCUT2D eigenvalue weighted by molar-refractivity contribution is 7.99. The van der Waals surface area contributed by atoms with Gasteiger partial charge in [0.15, 0.2) is 0 Å². The molecule has 1 atom stereocenters. The minimum absolute atomic E-state index is 0.0124. The summed E-state index contributed by atoms with van der Waals surface area (Å²) in [6.45, 7) is 5.82. The highest BCUT2D eigenvalue weighted by Gasteiger charge is 2.12. The normalized spacial score (nSPS) is 12.5. The molecule has 0 radical (unpaired) electrons. The number of hydrogen-bond donors (Lipinski definition) is 0. The first kappa shape index (κ1) is 16.1. The first-order valence-corrected chi connectivity index (χ1v) is 7.59. The van der Waals surface area contributed by atoms with Crippen LogP contribution in [-0.4, -0.2) is 22.7 Å².